The summed E-state index contributed by atoms with van der Waals surface area (Å²) < 4.78 is 15.7. The number of piperidine rings is 1. The number of amides is 2. The van der Waals surface area contributed by atoms with Crippen LogP contribution in [0, 0.1) is 0 Å². The minimum Gasteiger partial charge on any atom is -0.497 e. The molecule has 0 unspecified atom stereocenters. The predicted octanol–water partition coefficient (Wildman–Crippen LogP) is 2.75. The molecule has 1 fully saturated rings. The molecule has 2 amide bonds. The van der Waals surface area contributed by atoms with Crippen LogP contribution in [0.1, 0.15) is 33.6 Å². The van der Waals surface area contributed by atoms with E-state index in [4.69, 9.17) is 14.2 Å². The average Bonchev–Trinajstić information content (AvgIpc) is 2.78. The number of carbonyl (C=O) groups is 2. The van der Waals surface area contributed by atoms with Gasteiger partial charge in [0.05, 0.1) is 21.3 Å². The van der Waals surface area contributed by atoms with Crippen LogP contribution in [-0.2, 0) is 0 Å². The molecule has 1 N–H and O–H groups in total. The number of likely N-dealkylation sites (tertiary alicyclic amines) is 1. The van der Waals surface area contributed by atoms with Gasteiger partial charge < -0.3 is 24.4 Å². The zero-order chi connectivity index (χ0) is 20.8. The molecule has 2 aromatic carbocycles. The van der Waals surface area contributed by atoms with Gasteiger partial charge in [0.1, 0.15) is 17.2 Å². The van der Waals surface area contributed by atoms with Crippen LogP contribution in [0.3, 0.4) is 0 Å². The number of methoxy groups -OCH3 is 3. The Morgan fingerprint density at radius 3 is 2.03 bits per heavy atom. The van der Waals surface area contributed by atoms with Crippen molar-refractivity contribution in [1.82, 2.24) is 10.2 Å². The molecule has 0 bridgehead atoms. The normalized spacial score (nSPS) is 14.2. The molecular weight excluding hydrogens is 372 g/mol. The molecule has 0 aromatic heterocycles. The Labute approximate surface area is 170 Å². The van der Waals surface area contributed by atoms with Crippen LogP contribution in [0.15, 0.2) is 42.5 Å². The maximum absolute atomic E-state index is 12.9. The SMILES string of the molecule is COc1cccc(C(=O)NC2CCN(C(=O)c3cc(OC)cc(OC)c3)CC2)c1. The Morgan fingerprint density at radius 1 is 0.862 bits per heavy atom. The molecule has 29 heavy (non-hydrogen) atoms. The van der Waals surface area contributed by atoms with E-state index in [1.54, 1.807) is 68.7 Å². The summed E-state index contributed by atoms with van der Waals surface area (Å²) >= 11 is 0. The van der Waals surface area contributed by atoms with E-state index in [1.165, 1.54) is 0 Å². The molecular formula is C22H26N2O5. The van der Waals surface area contributed by atoms with Gasteiger partial charge in [-0.05, 0) is 43.2 Å². The van der Waals surface area contributed by atoms with Crippen molar-refractivity contribution in [1.29, 1.82) is 0 Å². The monoisotopic (exact) mass is 398 g/mol. The Morgan fingerprint density at radius 2 is 1.45 bits per heavy atom. The second kappa shape index (κ2) is 9.32. The van der Waals surface area contributed by atoms with Gasteiger partial charge in [-0.1, -0.05) is 6.07 Å². The summed E-state index contributed by atoms with van der Waals surface area (Å²) in [7, 11) is 4.68. The van der Waals surface area contributed by atoms with Crippen molar-refractivity contribution >= 4 is 11.8 Å². The van der Waals surface area contributed by atoms with Gasteiger partial charge in [-0.15, -0.1) is 0 Å². The van der Waals surface area contributed by atoms with Crippen molar-refractivity contribution in [3.63, 3.8) is 0 Å². The molecule has 0 saturated carbocycles. The van der Waals surface area contributed by atoms with Gasteiger partial charge >= 0.3 is 0 Å². The Bertz CT molecular complexity index is 853. The molecule has 1 saturated heterocycles. The first kappa shape index (κ1) is 20.5. The van der Waals surface area contributed by atoms with Gasteiger partial charge in [0.2, 0.25) is 0 Å². The van der Waals surface area contributed by atoms with Gasteiger partial charge in [-0.25, -0.2) is 0 Å². The lowest BCUT2D eigenvalue weighted by atomic mass is 10.0. The van der Waals surface area contributed by atoms with E-state index in [0.717, 1.165) is 0 Å². The highest BCUT2D eigenvalue weighted by molar-refractivity contribution is 5.96. The van der Waals surface area contributed by atoms with Crippen molar-refractivity contribution in [2.75, 3.05) is 34.4 Å². The van der Waals surface area contributed by atoms with E-state index < -0.39 is 0 Å². The summed E-state index contributed by atoms with van der Waals surface area (Å²) in [5.41, 5.74) is 1.09. The third-order valence-corrected chi connectivity index (χ3v) is 5.05. The van der Waals surface area contributed by atoms with Crippen molar-refractivity contribution in [2.45, 2.75) is 18.9 Å². The highest BCUT2D eigenvalue weighted by Crippen LogP contribution is 2.24. The van der Waals surface area contributed by atoms with E-state index in [1.807, 2.05) is 0 Å². The van der Waals surface area contributed by atoms with Crippen molar-refractivity contribution < 1.29 is 23.8 Å². The minimum atomic E-state index is -0.133. The van der Waals surface area contributed by atoms with Gasteiger partial charge in [0.15, 0.2) is 0 Å². The van der Waals surface area contributed by atoms with Crippen molar-refractivity contribution in [3.8, 4) is 17.2 Å². The van der Waals surface area contributed by atoms with Crippen LogP contribution < -0.4 is 19.5 Å². The number of hydrogen-bond acceptors (Lipinski definition) is 5. The number of carbonyl (C=O) groups excluding carboxylic acids is 2. The summed E-state index contributed by atoms with van der Waals surface area (Å²) in [5.74, 6) is 1.60. The van der Waals surface area contributed by atoms with Gasteiger partial charge in [-0.3, -0.25) is 9.59 Å². The van der Waals surface area contributed by atoms with Crippen LogP contribution in [-0.4, -0.2) is 57.2 Å². The number of ether oxygens (including phenoxy) is 3. The average molecular weight is 398 g/mol. The molecule has 0 radical (unpaired) electrons. The van der Waals surface area contributed by atoms with E-state index in [-0.39, 0.29) is 17.9 Å². The fraction of sp³-hybridized carbons (Fsp3) is 0.364. The number of rotatable bonds is 6. The minimum absolute atomic E-state index is 0.0256. The molecule has 7 nitrogen and oxygen atoms in total. The topological polar surface area (TPSA) is 77.1 Å². The quantitative estimate of drug-likeness (QED) is 0.810. The predicted molar refractivity (Wildman–Crippen MR) is 109 cm³/mol. The molecule has 154 valence electrons. The molecule has 1 aliphatic rings. The number of nitrogens with one attached hydrogen (secondary N) is 1. The Hall–Kier alpha value is -3.22. The lowest BCUT2D eigenvalue weighted by Crippen LogP contribution is -2.46. The standard InChI is InChI=1S/C22H26N2O5/c1-27-18-6-4-5-15(11-18)21(25)23-17-7-9-24(10-8-17)22(26)16-12-19(28-2)14-20(13-16)29-3/h4-6,11-14,17H,7-10H2,1-3H3,(H,23,25). The van der Waals surface area contributed by atoms with Gasteiger partial charge in [-0.2, -0.15) is 0 Å². The number of nitrogens with zero attached hydrogens (tertiary/aromatic N) is 1. The second-order valence-corrected chi connectivity index (χ2v) is 6.87. The van der Waals surface area contributed by atoms with E-state index >= 15 is 0 Å². The number of hydrogen-bond donors (Lipinski definition) is 1. The molecule has 0 aliphatic carbocycles. The summed E-state index contributed by atoms with van der Waals surface area (Å²) in [5, 5.41) is 3.05. The fourth-order valence-electron chi connectivity index (χ4n) is 3.37. The maximum atomic E-state index is 12.9. The molecule has 2 aromatic rings. The van der Waals surface area contributed by atoms with E-state index in [0.29, 0.717) is 54.3 Å². The third kappa shape index (κ3) is 4.99. The Kier molecular flexibility index (Phi) is 6.59. The summed E-state index contributed by atoms with van der Waals surface area (Å²) in [6, 6.07) is 12.2. The largest absolute Gasteiger partial charge is 0.497 e. The molecule has 0 atom stereocenters. The third-order valence-electron chi connectivity index (χ3n) is 5.05. The van der Waals surface area contributed by atoms with Crippen LogP contribution in [0.25, 0.3) is 0 Å². The van der Waals surface area contributed by atoms with Crippen LogP contribution in [0.2, 0.25) is 0 Å². The van der Waals surface area contributed by atoms with Crippen LogP contribution in [0.5, 0.6) is 17.2 Å². The van der Waals surface area contributed by atoms with Crippen LogP contribution in [0.4, 0.5) is 0 Å². The molecule has 1 aliphatic heterocycles. The summed E-state index contributed by atoms with van der Waals surface area (Å²) in [6.45, 7) is 1.14. The molecule has 7 heteroatoms. The highest BCUT2D eigenvalue weighted by Gasteiger charge is 2.25. The highest BCUT2D eigenvalue weighted by atomic mass is 16.5. The zero-order valence-corrected chi connectivity index (χ0v) is 16.9. The first-order chi connectivity index (χ1) is 14.0. The number of benzene rings is 2. The molecule has 0 spiro atoms. The fourth-order valence-corrected chi connectivity index (χ4v) is 3.37. The van der Waals surface area contributed by atoms with E-state index in [9.17, 15) is 9.59 Å². The van der Waals surface area contributed by atoms with Gasteiger partial charge in [0, 0.05) is 36.3 Å². The molecule has 1 heterocycles. The molecule has 3 rings (SSSR count). The lowest BCUT2D eigenvalue weighted by Gasteiger charge is -2.32. The van der Waals surface area contributed by atoms with Gasteiger partial charge in [0.25, 0.3) is 11.8 Å². The first-order valence-corrected chi connectivity index (χ1v) is 9.51. The van der Waals surface area contributed by atoms with Crippen molar-refractivity contribution in [3.05, 3.63) is 53.6 Å². The summed E-state index contributed by atoms with van der Waals surface area (Å²) in [6.07, 6.45) is 1.39. The Balaban J connectivity index is 1.58. The maximum Gasteiger partial charge on any atom is 0.254 e. The second-order valence-electron chi connectivity index (χ2n) is 6.87. The first-order valence-electron chi connectivity index (χ1n) is 9.51. The van der Waals surface area contributed by atoms with E-state index in [2.05, 4.69) is 5.32 Å². The van der Waals surface area contributed by atoms with Crippen molar-refractivity contribution in [2.24, 2.45) is 0 Å². The summed E-state index contributed by atoms with van der Waals surface area (Å²) in [4.78, 5) is 27.1. The zero-order valence-electron chi connectivity index (χ0n) is 16.9. The van der Waals surface area contributed by atoms with Crippen LogP contribution >= 0.6 is 0 Å². The smallest absolute Gasteiger partial charge is 0.254 e. The lowest BCUT2D eigenvalue weighted by molar-refractivity contribution is 0.0697.